The molecule has 1 aromatic heterocycles. The minimum atomic E-state index is 0.185. The molecule has 0 bridgehead atoms. The average Bonchev–Trinajstić information content (AvgIpc) is 3.28. The fourth-order valence-electron chi connectivity index (χ4n) is 4.55. The number of ether oxygens (including phenoxy) is 2. The third kappa shape index (κ3) is 4.62. The Labute approximate surface area is 188 Å². The number of hydrogen-bond acceptors (Lipinski definition) is 6. The predicted molar refractivity (Wildman–Crippen MR) is 124 cm³/mol. The molecule has 1 aliphatic rings. The van der Waals surface area contributed by atoms with Gasteiger partial charge in [-0.15, -0.1) is 0 Å². The molecule has 1 aliphatic heterocycles. The van der Waals surface area contributed by atoms with Crippen molar-refractivity contribution in [3.63, 3.8) is 0 Å². The molecule has 1 N–H and O–H groups in total. The van der Waals surface area contributed by atoms with Gasteiger partial charge in [0.15, 0.2) is 17.3 Å². The van der Waals surface area contributed by atoms with Crippen molar-refractivity contribution in [1.82, 2.24) is 14.5 Å². The van der Waals surface area contributed by atoms with Gasteiger partial charge in [0.1, 0.15) is 6.21 Å². The van der Waals surface area contributed by atoms with Gasteiger partial charge in [-0.1, -0.05) is 35.5 Å². The van der Waals surface area contributed by atoms with Gasteiger partial charge in [0.25, 0.3) is 0 Å². The Hall–Kier alpha value is -3.32. The number of hydrogen-bond donors (Lipinski definition) is 1. The molecule has 7 heteroatoms. The Bertz CT molecular complexity index is 1050. The van der Waals surface area contributed by atoms with E-state index in [0.29, 0.717) is 5.82 Å². The van der Waals surface area contributed by atoms with Gasteiger partial charge < -0.3 is 19.2 Å². The zero-order valence-electron chi connectivity index (χ0n) is 18.6. The van der Waals surface area contributed by atoms with E-state index in [-0.39, 0.29) is 6.04 Å². The van der Waals surface area contributed by atoms with Gasteiger partial charge in [0, 0.05) is 25.5 Å². The first-order valence-electron chi connectivity index (χ1n) is 11.0. The Kier molecular flexibility index (Phi) is 7.07. The Morgan fingerprint density at radius 2 is 1.84 bits per heavy atom. The van der Waals surface area contributed by atoms with Gasteiger partial charge in [-0.25, -0.2) is 4.98 Å². The summed E-state index contributed by atoms with van der Waals surface area (Å²) < 4.78 is 13.2. The molecule has 2 heterocycles. The quantitative estimate of drug-likeness (QED) is 0.237. The van der Waals surface area contributed by atoms with E-state index in [9.17, 15) is 0 Å². The number of imidazole rings is 1. The first-order valence-corrected chi connectivity index (χ1v) is 11.0. The third-order valence-corrected chi connectivity index (χ3v) is 6.10. The minimum Gasteiger partial charge on any atom is -0.493 e. The lowest BCUT2D eigenvalue weighted by molar-refractivity contribution is 0.207. The van der Waals surface area contributed by atoms with E-state index in [0.717, 1.165) is 50.4 Å². The largest absolute Gasteiger partial charge is 0.493 e. The van der Waals surface area contributed by atoms with Crippen LogP contribution in [0.5, 0.6) is 11.5 Å². The molecule has 1 unspecified atom stereocenters. The summed E-state index contributed by atoms with van der Waals surface area (Å²) >= 11 is 0. The molecule has 0 spiro atoms. The molecule has 0 saturated heterocycles. The summed E-state index contributed by atoms with van der Waals surface area (Å²) in [6, 6.07) is 15.1. The van der Waals surface area contributed by atoms with Gasteiger partial charge in [-0.3, -0.25) is 4.90 Å². The molecule has 32 heavy (non-hydrogen) atoms. The van der Waals surface area contributed by atoms with Crippen LogP contribution >= 0.6 is 0 Å². The van der Waals surface area contributed by atoms with Gasteiger partial charge in [-0.05, 0) is 54.6 Å². The summed E-state index contributed by atoms with van der Waals surface area (Å²) in [7, 11) is 3.38. The van der Waals surface area contributed by atoms with Crippen LogP contribution in [0.2, 0.25) is 0 Å². The van der Waals surface area contributed by atoms with Gasteiger partial charge in [0.05, 0.1) is 20.3 Å². The maximum Gasteiger partial charge on any atom is 0.161 e. The summed E-state index contributed by atoms with van der Waals surface area (Å²) in [5.41, 5.74) is 3.90. The van der Waals surface area contributed by atoms with Crippen LogP contribution in [0.25, 0.3) is 0 Å². The molecule has 0 saturated carbocycles. The standard InChI is InChI=1S/C25H30N4O3/c1-31-22-16-20-10-14-29(13-7-6-12-28-15-11-26-24(28)18-27-30)25(19-8-4-3-5-9-19)21(20)17-23(22)32-2/h3-5,8-9,11,15-18,25,30H,6-7,10,12-14H2,1-2H3/b27-18+. The van der Waals surface area contributed by atoms with Crippen LogP contribution in [-0.4, -0.2) is 53.2 Å². The van der Waals surface area contributed by atoms with E-state index < -0.39 is 0 Å². The van der Waals surface area contributed by atoms with Gasteiger partial charge >= 0.3 is 0 Å². The lowest BCUT2D eigenvalue weighted by Crippen LogP contribution is -2.37. The Balaban J connectivity index is 1.52. The van der Waals surface area contributed by atoms with Crippen LogP contribution in [0.15, 0.2) is 60.0 Å². The van der Waals surface area contributed by atoms with Crippen LogP contribution in [0, 0.1) is 0 Å². The van der Waals surface area contributed by atoms with E-state index in [1.807, 2.05) is 10.8 Å². The van der Waals surface area contributed by atoms with Crippen molar-refractivity contribution in [3.8, 4) is 11.5 Å². The van der Waals surface area contributed by atoms with Crippen molar-refractivity contribution >= 4 is 6.21 Å². The molecule has 0 radical (unpaired) electrons. The molecule has 3 aromatic rings. The van der Waals surface area contributed by atoms with Crippen molar-refractivity contribution in [2.24, 2.45) is 5.16 Å². The molecular weight excluding hydrogens is 404 g/mol. The molecular formula is C25H30N4O3. The number of fused-ring (bicyclic) bond motifs is 1. The lowest BCUT2D eigenvalue weighted by Gasteiger charge is -2.38. The highest BCUT2D eigenvalue weighted by Crippen LogP contribution is 2.41. The summed E-state index contributed by atoms with van der Waals surface area (Å²) in [6.07, 6.45) is 8.07. The van der Waals surface area contributed by atoms with Crippen LogP contribution in [0.3, 0.4) is 0 Å². The number of aromatic nitrogens is 2. The van der Waals surface area contributed by atoms with E-state index in [2.05, 4.69) is 57.5 Å². The van der Waals surface area contributed by atoms with Crippen LogP contribution in [-0.2, 0) is 13.0 Å². The normalized spacial score (nSPS) is 16.2. The molecule has 168 valence electrons. The van der Waals surface area contributed by atoms with Gasteiger partial charge in [0.2, 0.25) is 0 Å². The topological polar surface area (TPSA) is 72.1 Å². The highest BCUT2D eigenvalue weighted by molar-refractivity contribution is 5.74. The number of rotatable bonds is 9. The summed E-state index contributed by atoms with van der Waals surface area (Å²) in [4.78, 5) is 6.77. The number of nitrogens with zero attached hydrogens (tertiary/aromatic N) is 4. The van der Waals surface area contributed by atoms with Crippen molar-refractivity contribution in [2.45, 2.75) is 31.8 Å². The molecule has 7 nitrogen and oxygen atoms in total. The Morgan fingerprint density at radius 1 is 1.09 bits per heavy atom. The summed E-state index contributed by atoms with van der Waals surface area (Å²) in [6.45, 7) is 2.83. The zero-order chi connectivity index (χ0) is 22.3. The van der Waals surface area contributed by atoms with E-state index >= 15 is 0 Å². The molecule has 2 aromatic carbocycles. The average molecular weight is 435 g/mol. The SMILES string of the molecule is COc1cc2c(cc1OC)C(c1ccccc1)N(CCCCn1ccnc1/C=N/O)CC2. The minimum absolute atomic E-state index is 0.185. The highest BCUT2D eigenvalue weighted by Gasteiger charge is 2.30. The van der Waals surface area contributed by atoms with Crippen LogP contribution in [0.1, 0.15) is 41.4 Å². The van der Waals surface area contributed by atoms with E-state index in [1.54, 1.807) is 20.4 Å². The van der Waals surface area contributed by atoms with E-state index in [1.165, 1.54) is 22.9 Å². The van der Waals surface area contributed by atoms with Crippen molar-refractivity contribution in [1.29, 1.82) is 0 Å². The lowest BCUT2D eigenvalue weighted by atomic mass is 9.87. The van der Waals surface area contributed by atoms with Crippen molar-refractivity contribution in [3.05, 3.63) is 77.4 Å². The van der Waals surface area contributed by atoms with Crippen LogP contribution in [0.4, 0.5) is 0 Å². The number of methoxy groups -OCH3 is 2. The maximum absolute atomic E-state index is 8.78. The predicted octanol–water partition coefficient (Wildman–Crippen LogP) is 4.14. The second-order valence-electron chi connectivity index (χ2n) is 7.94. The first kappa shape index (κ1) is 21.9. The zero-order valence-corrected chi connectivity index (χ0v) is 18.6. The first-order chi connectivity index (χ1) is 15.7. The molecule has 0 aliphatic carbocycles. The molecule has 0 amide bonds. The molecule has 4 rings (SSSR count). The summed E-state index contributed by atoms with van der Waals surface area (Å²) in [5.74, 6) is 2.23. The van der Waals surface area contributed by atoms with Crippen molar-refractivity contribution in [2.75, 3.05) is 27.3 Å². The number of oxime groups is 1. The number of benzene rings is 2. The molecule has 0 fully saturated rings. The highest BCUT2D eigenvalue weighted by atomic mass is 16.5. The van der Waals surface area contributed by atoms with E-state index in [4.69, 9.17) is 14.7 Å². The fraction of sp³-hybridized carbons (Fsp3) is 0.360. The maximum atomic E-state index is 8.78. The summed E-state index contributed by atoms with van der Waals surface area (Å²) in [5, 5.41) is 11.9. The van der Waals surface area contributed by atoms with Crippen molar-refractivity contribution < 1.29 is 14.7 Å². The smallest absolute Gasteiger partial charge is 0.161 e. The fourth-order valence-corrected chi connectivity index (χ4v) is 4.55. The van der Waals surface area contributed by atoms with Crippen LogP contribution < -0.4 is 9.47 Å². The monoisotopic (exact) mass is 434 g/mol. The number of aryl methyl sites for hydroxylation is 1. The number of unbranched alkanes of at least 4 members (excludes halogenated alkanes) is 1. The second-order valence-corrected chi connectivity index (χ2v) is 7.94. The Morgan fingerprint density at radius 3 is 2.59 bits per heavy atom. The third-order valence-electron chi connectivity index (χ3n) is 6.10. The molecule has 1 atom stereocenters. The second kappa shape index (κ2) is 10.3. The van der Waals surface area contributed by atoms with Gasteiger partial charge in [-0.2, -0.15) is 0 Å².